The summed E-state index contributed by atoms with van der Waals surface area (Å²) in [7, 11) is 0. The molecule has 5 heteroatoms. The lowest BCUT2D eigenvalue weighted by atomic mass is 10.3. The molecule has 0 saturated carbocycles. The van der Waals surface area contributed by atoms with E-state index in [1.807, 2.05) is 13.8 Å². The van der Waals surface area contributed by atoms with E-state index >= 15 is 0 Å². The molecule has 0 rings (SSSR count). The molecule has 134 valence electrons. The van der Waals surface area contributed by atoms with E-state index in [2.05, 4.69) is 20.8 Å². The van der Waals surface area contributed by atoms with E-state index in [0.717, 1.165) is 17.6 Å². The van der Waals surface area contributed by atoms with Crippen molar-refractivity contribution < 1.29 is 23.4 Å². The van der Waals surface area contributed by atoms with Gasteiger partial charge < -0.3 is 23.4 Å². The highest BCUT2D eigenvalue weighted by Gasteiger charge is 2.19. The monoisotopic (exact) mass is 320 g/mol. The predicted octanol–water partition coefficient (Wildman–Crippen LogP) is 2.34. The van der Waals surface area contributed by atoms with Crippen molar-refractivity contribution in [1.82, 2.24) is 0 Å². The van der Waals surface area contributed by atoms with Crippen molar-refractivity contribution >= 4 is 0 Å². The lowest BCUT2D eigenvalue weighted by molar-refractivity contribution is -0.923. The minimum atomic E-state index is 0.266. The van der Waals surface area contributed by atoms with Crippen LogP contribution in [0.2, 0.25) is 0 Å². The second-order valence-electron chi connectivity index (χ2n) is 5.77. The molecule has 0 unspecified atom stereocenters. The van der Waals surface area contributed by atoms with Gasteiger partial charge in [0.2, 0.25) is 0 Å². The Morgan fingerprint density at radius 2 is 1.05 bits per heavy atom. The fourth-order valence-electron chi connectivity index (χ4n) is 2.29. The highest BCUT2D eigenvalue weighted by Crippen LogP contribution is 2.04. The SMILES string of the molecule is CC[N+](CC)(CC)CCOCCOCCOCCOC(C)C. The minimum Gasteiger partial charge on any atom is -0.377 e. The van der Waals surface area contributed by atoms with Crippen molar-refractivity contribution in [3.63, 3.8) is 0 Å². The van der Waals surface area contributed by atoms with Crippen LogP contribution < -0.4 is 0 Å². The molecule has 0 fully saturated rings. The largest absolute Gasteiger partial charge is 0.377 e. The summed E-state index contributed by atoms with van der Waals surface area (Å²) >= 11 is 0. The Balaban J connectivity index is 3.30. The molecule has 0 aromatic rings. The molecule has 0 spiro atoms. The predicted molar refractivity (Wildman–Crippen MR) is 90.3 cm³/mol. The Kier molecular flexibility index (Phi) is 14.3. The Labute approximate surface area is 137 Å². The summed E-state index contributed by atoms with van der Waals surface area (Å²) in [6.45, 7) is 20.0. The number of rotatable bonds is 16. The van der Waals surface area contributed by atoms with Gasteiger partial charge in [-0.25, -0.2) is 0 Å². The smallest absolute Gasteiger partial charge is 0.102 e. The van der Waals surface area contributed by atoms with Gasteiger partial charge in [-0.2, -0.15) is 0 Å². The lowest BCUT2D eigenvalue weighted by Gasteiger charge is -2.35. The molecule has 0 aliphatic rings. The third-order valence-electron chi connectivity index (χ3n) is 4.15. The maximum atomic E-state index is 5.66. The van der Waals surface area contributed by atoms with Crippen LogP contribution in [0.25, 0.3) is 0 Å². The molecule has 0 aliphatic heterocycles. The van der Waals surface area contributed by atoms with Crippen molar-refractivity contribution in [3.05, 3.63) is 0 Å². The Morgan fingerprint density at radius 1 is 0.636 bits per heavy atom. The molecule has 5 nitrogen and oxygen atoms in total. The fourth-order valence-corrected chi connectivity index (χ4v) is 2.29. The van der Waals surface area contributed by atoms with E-state index in [1.165, 1.54) is 19.6 Å². The van der Waals surface area contributed by atoms with E-state index < -0.39 is 0 Å². The third kappa shape index (κ3) is 11.4. The Hall–Kier alpha value is -0.200. The molecule has 0 bridgehead atoms. The van der Waals surface area contributed by atoms with Crippen LogP contribution in [0, 0.1) is 0 Å². The van der Waals surface area contributed by atoms with Gasteiger partial charge in [0.1, 0.15) is 6.54 Å². The van der Waals surface area contributed by atoms with E-state index in [9.17, 15) is 0 Å². The maximum Gasteiger partial charge on any atom is 0.102 e. The van der Waals surface area contributed by atoms with Gasteiger partial charge in [0.05, 0.1) is 72.0 Å². The van der Waals surface area contributed by atoms with Crippen LogP contribution in [-0.4, -0.2) is 83.0 Å². The number of ether oxygens (including phenoxy) is 4. The molecule has 0 saturated heterocycles. The van der Waals surface area contributed by atoms with Gasteiger partial charge in [0, 0.05) is 0 Å². The highest BCUT2D eigenvalue weighted by molar-refractivity contribution is 4.40. The standard InChI is InChI=1S/C17H38NO4/c1-6-18(7-2,8-3)9-10-19-11-12-20-13-14-21-15-16-22-17(4)5/h17H,6-16H2,1-5H3/q+1. The van der Waals surface area contributed by atoms with Gasteiger partial charge in [-0.1, -0.05) is 0 Å². The van der Waals surface area contributed by atoms with E-state index in [1.54, 1.807) is 0 Å². The number of hydrogen-bond donors (Lipinski definition) is 0. The third-order valence-corrected chi connectivity index (χ3v) is 4.15. The Bertz CT molecular complexity index is 224. The second kappa shape index (κ2) is 14.4. The van der Waals surface area contributed by atoms with Crippen molar-refractivity contribution in [2.24, 2.45) is 0 Å². The number of quaternary nitrogens is 1. The Morgan fingerprint density at radius 3 is 1.45 bits per heavy atom. The first-order chi connectivity index (χ1) is 10.6. The van der Waals surface area contributed by atoms with Crippen molar-refractivity contribution in [2.45, 2.75) is 40.7 Å². The first-order valence-corrected chi connectivity index (χ1v) is 8.80. The summed E-state index contributed by atoms with van der Waals surface area (Å²) in [5.74, 6) is 0. The summed E-state index contributed by atoms with van der Waals surface area (Å²) in [6, 6.07) is 0. The van der Waals surface area contributed by atoms with Gasteiger partial charge in [0.15, 0.2) is 0 Å². The first kappa shape index (κ1) is 21.8. The first-order valence-electron chi connectivity index (χ1n) is 8.80. The summed E-state index contributed by atoms with van der Waals surface area (Å²) in [4.78, 5) is 0. The van der Waals surface area contributed by atoms with Gasteiger partial charge >= 0.3 is 0 Å². The van der Waals surface area contributed by atoms with Crippen molar-refractivity contribution in [3.8, 4) is 0 Å². The van der Waals surface area contributed by atoms with E-state index in [-0.39, 0.29) is 6.10 Å². The van der Waals surface area contributed by atoms with Gasteiger partial charge in [-0.3, -0.25) is 0 Å². The van der Waals surface area contributed by atoms with Gasteiger partial charge in [0.25, 0.3) is 0 Å². The number of hydrogen-bond acceptors (Lipinski definition) is 4. The molecule has 22 heavy (non-hydrogen) atoms. The highest BCUT2D eigenvalue weighted by atomic mass is 16.6. The van der Waals surface area contributed by atoms with Crippen LogP contribution in [0.3, 0.4) is 0 Å². The zero-order chi connectivity index (χ0) is 16.7. The quantitative estimate of drug-likeness (QED) is 0.323. The van der Waals surface area contributed by atoms with Crippen LogP contribution in [0.5, 0.6) is 0 Å². The van der Waals surface area contributed by atoms with E-state index in [0.29, 0.717) is 39.6 Å². The molecule has 0 atom stereocenters. The maximum absolute atomic E-state index is 5.66. The summed E-state index contributed by atoms with van der Waals surface area (Å²) in [5.41, 5.74) is 0. The topological polar surface area (TPSA) is 36.9 Å². The van der Waals surface area contributed by atoms with Crippen molar-refractivity contribution in [1.29, 1.82) is 0 Å². The van der Waals surface area contributed by atoms with Gasteiger partial charge in [-0.15, -0.1) is 0 Å². The van der Waals surface area contributed by atoms with Crippen LogP contribution in [0.15, 0.2) is 0 Å². The second-order valence-corrected chi connectivity index (χ2v) is 5.77. The zero-order valence-corrected chi connectivity index (χ0v) is 15.4. The minimum absolute atomic E-state index is 0.266. The van der Waals surface area contributed by atoms with Crippen LogP contribution in [0.1, 0.15) is 34.6 Å². The lowest BCUT2D eigenvalue weighted by Crippen LogP contribution is -2.49. The molecule has 0 N–H and O–H groups in total. The fraction of sp³-hybridized carbons (Fsp3) is 1.00. The van der Waals surface area contributed by atoms with E-state index in [4.69, 9.17) is 18.9 Å². The molecule has 0 heterocycles. The average Bonchev–Trinajstić information content (AvgIpc) is 2.52. The molecule has 0 aromatic carbocycles. The number of likely N-dealkylation sites (N-methyl/N-ethyl adjacent to an activating group) is 1. The zero-order valence-electron chi connectivity index (χ0n) is 15.4. The summed E-state index contributed by atoms with van der Waals surface area (Å²) in [6.07, 6.45) is 0.266. The molecule has 0 aliphatic carbocycles. The molecular weight excluding hydrogens is 282 g/mol. The molecule has 0 radical (unpaired) electrons. The van der Waals surface area contributed by atoms with Crippen LogP contribution in [-0.2, 0) is 18.9 Å². The average molecular weight is 320 g/mol. The normalized spacial score (nSPS) is 12.3. The molecule has 0 aromatic heterocycles. The summed E-state index contributed by atoms with van der Waals surface area (Å²) < 4.78 is 23.1. The van der Waals surface area contributed by atoms with Crippen molar-refractivity contribution in [2.75, 3.05) is 72.4 Å². The molecule has 0 amide bonds. The number of nitrogens with zero attached hydrogens (tertiary/aromatic N) is 1. The van der Waals surface area contributed by atoms with Crippen LogP contribution in [0.4, 0.5) is 0 Å². The van der Waals surface area contributed by atoms with Crippen LogP contribution >= 0.6 is 0 Å². The van der Waals surface area contributed by atoms with Gasteiger partial charge in [-0.05, 0) is 34.6 Å². The summed E-state index contributed by atoms with van der Waals surface area (Å²) in [5, 5.41) is 0. The molecular formula is C17H38NO4+.